The van der Waals surface area contributed by atoms with Crippen LogP contribution in [-0.4, -0.2) is 25.2 Å². The van der Waals surface area contributed by atoms with Crippen molar-refractivity contribution in [3.05, 3.63) is 47.6 Å². The number of nitrogens with zero attached hydrogens (tertiary/aromatic N) is 4. The fourth-order valence-electron chi connectivity index (χ4n) is 1.70. The van der Waals surface area contributed by atoms with Crippen molar-refractivity contribution in [2.75, 3.05) is 0 Å². The quantitative estimate of drug-likeness (QED) is 0.754. The van der Waals surface area contributed by atoms with Gasteiger partial charge in [-0.15, -0.1) is 10.2 Å². The SMILES string of the molecule is Clc1ccc(-c2nn[nH]n2)n1-c1ccccc1. The van der Waals surface area contributed by atoms with Crippen LogP contribution in [0.15, 0.2) is 42.5 Å². The van der Waals surface area contributed by atoms with Gasteiger partial charge < -0.3 is 0 Å². The van der Waals surface area contributed by atoms with Crippen LogP contribution in [0.5, 0.6) is 0 Å². The van der Waals surface area contributed by atoms with E-state index in [0.717, 1.165) is 11.4 Å². The minimum atomic E-state index is 0.515. The van der Waals surface area contributed by atoms with Crippen molar-refractivity contribution < 1.29 is 0 Å². The Morgan fingerprint density at radius 1 is 1.06 bits per heavy atom. The second kappa shape index (κ2) is 4.03. The van der Waals surface area contributed by atoms with E-state index in [4.69, 9.17) is 11.6 Å². The molecule has 0 fully saturated rings. The number of aromatic nitrogens is 5. The summed E-state index contributed by atoms with van der Waals surface area (Å²) in [5, 5.41) is 14.5. The zero-order valence-electron chi connectivity index (χ0n) is 8.71. The van der Waals surface area contributed by atoms with Gasteiger partial charge in [0, 0.05) is 5.69 Å². The monoisotopic (exact) mass is 245 g/mol. The first-order valence-corrected chi connectivity index (χ1v) is 5.40. The van der Waals surface area contributed by atoms with E-state index >= 15 is 0 Å². The maximum absolute atomic E-state index is 6.17. The maximum atomic E-state index is 6.17. The Labute approximate surface area is 102 Å². The largest absolute Gasteiger partial charge is 0.297 e. The summed E-state index contributed by atoms with van der Waals surface area (Å²) in [5.74, 6) is 0.515. The van der Waals surface area contributed by atoms with Crippen molar-refractivity contribution in [2.45, 2.75) is 0 Å². The molecule has 5 nitrogen and oxygen atoms in total. The van der Waals surface area contributed by atoms with E-state index in [1.807, 2.05) is 41.0 Å². The Balaban J connectivity index is 2.20. The normalized spacial score (nSPS) is 10.6. The fourth-order valence-corrected chi connectivity index (χ4v) is 1.95. The van der Waals surface area contributed by atoms with Crippen LogP contribution >= 0.6 is 11.6 Å². The predicted octanol–water partition coefficient (Wildman–Crippen LogP) is 2.31. The number of para-hydroxylation sites is 1. The lowest BCUT2D eigenvalue weighted by atomic mass is 10.3. The molecular weight excluding hydrogens is 238 g/mol. The highest BCUT2D eigenvalue weighted by molar-refractivity contribution is 6.30. The zero-order chi connectivity index (χ0) is 11.7. The van der Waals surface area contributed by atoms with E-state index in [9.17, 15) is 0 Å². The lowest BCUT2D eigenvalue weighted by molar-refractivity contribution is 0.881. The number of rotatable bonds is 2. The third-order valence-corrected chi connectivity index (χ3v) is 2.72. The average molecular weight is 246 g/mol. The van der Waals surface area contributed by atoms with Crippen molar-refractivity contribution in [3.8, 4) is 17.2 Å². The first-order valence-electron chi connectivity index (χ1n) is 5.03. The number of halogens is 1. The van der Waals surface area contributed by atoms with Gasteiger partial charge in [0.1, 0.15) is 5.15 Å². The van der Waals surface area contributed by atoms with Gasteiger partial charge in [-0.2, -0.15) is 5.21 Å². The first-order chi connectivity index (χ1) is 8.36. The minimum absolute atomic E-state index is 0.515. The molecule has 0 atom stereocenters. The highest BCUT2D eigenvalue weighted by Gasteiger charge is 2.13. The Kier molecular flexibility index (Phi) is 2.38. The van der Waals surface area contributed by atoms with Crippen LogP contribution < -0.4 is 0 Å². The summed E-state index contributed by atoms with van der Waals surface area (Å²) >= 11 is 6.17. The highest BCUT2D eigenvalue weighted by Crippen LogP contribution is 2.26. The maximum Gasteiger partial charge on any atom is 0.221 e. The first kappa shape index (κ1) is 10.0. The smallest absolute Gasteiger partial charge is 0.221 e. The molecule has 0 saturated heterocycles. The molecule has 1 aromatic carbocycles. The molecule has 6 heteroatoms. The number of benzene rings is 1. The third-order valence-electron chi connectivity index (χ3n) is 2.42. The average Bonchev–Trinajstić information content (AvgIpc) is 2.98. The molecule has 84 valence electrons. The summed E-state index contributed by atoms with van der Waals surface area (Å²) in [6, 6.07) is 13.5. The molecule has 0 aliphatic carbocycles. The summed E-state index contributed by atoms with van der Waals surface area (Å²) in [5.41, 5.74) is 1.76. The van der Waals surface area contributed by atoms with Crippen LogP contribution in [0.25, 0.3) is 17.2 Å². The molecule has 0 unspecified atom stereocenters. The molecule has 1 N–H and O–H groups in total. The second-order valence-electron chi connectivity index (χ2n) is 3.45. The van der Waals surface area contributed by atoms with Gasteiger partial charge in [-0.1, -0.05) is 29.8 Å². The molecule has 0 spiro atoms. The molecule has 0 amide bonds. The van der Waals surface area contributed by atoms with Crippen LogP contribution in [0, 0.1) is 0 Å². The molecule has 0 radical (unpaired) electrons. The lowest BCUT2D eigenvalue weighted by Gasteiger charge is -2.07. The molecular formula is C11H8ClN5. The van der Waals surface area contributed by atoms with Gasteiger partial charge in [-0.05, 0) is 29.5 Å². The van der Waals surface area contributed by atoms with Gasteiger partial charge in [0.05, 0.1) is 5.69 Å². The van der Waals surface area contributed by atoms with Crippen molar-refractivity contribution in [1.82, 2.24) is 25.2 Å². The molecule has 0 aliphatic rings. The molecule has 3 aromatic rings. The van der Waals surface area contributed by atoms with Gasteiger partial charge in [-0.3, -0.25) is 4.57 Å². The summed E-state index contributed by atoms with van der Waals surface area (Å²) in [6.45, 7) is 0. The number of aromatic amines is 1. The second-order valence-corrected chi connectivity index (χ2v) is 3.83. The summed E-state index contributed by atoms with van der Waals surface area (Å²) < 4.78 is 1.87. The van der Waals surface area contributed by atoms with Crippen molar-refractivity contribution in [3.63, 3.8) is 0 Å². The van der Waals surface area contributed by atoms with Crippen LogP contribution in [0.4, 0.5) is 0 Å². The third kappa shape index (κ3) is 1.70. The number of nitrogens with one attached hydrogen (secondary N) is 1. The van der Waals surface area contributed by atoms with Gasteiger partial charge >= 0.3 is 0 Å². The Morgan fingerprint density at radius 2 is 1.88 bits per heavy atom. The zero-order valence-corrected chi connectivity index (χ0v) is 9.46. The van der Waals surface area contributed by atoms with Crippen molar-refractivity contribution >= 4 is 11.6 Å². The van der Waals surface area contributed by atoms with Crippen LogP contribution in [-0.2, 0) is 0 Å². The van der Waals surface area contributed by atoms with Crippen LogP contribution in [0.1, 0.15) is 0 Å². The molecule has 3 rings (SSSR count). The lowest BCUT2D eigenvalue weighted by Crippen LogP contribution is -1.97. The minimum Gasteiger partial charge on any atom is -0.297 e. The number of hydrogen-bond acceptors (Lipinski definition) is 3. The summed E-state index contributed by atoms with van der Waals surface area (Å²) in [7, 11) is 0. The van der Waals surface area contributed by atoms with Gasteiger partial charge in [-0.25, -0.2) is 0 Å². The summed E-state index contributed by atoms with van der Waals surface area (Å²) in [6.07, 6.45) is 0. The topological polar surface area (TPSA) is 59.4 Å². The molecule has 0 saturated carbocycles. The Bertz CT molecular complexity index is 615. The van der Waals surface area contributed by atoms with Gasteiger partial charge in [0.25, 0.3) is 0 Å². The number of tetrazole rings is 1. The highest BCUT2D eigenvalue weighted by atomic mass is 35.5. The van der Waals surface area contributed by atoms with E-state index in [1.54, 1.807) is 6.07 Å². The van der Waals surface area contributed by atoms with E-state index in [-0.39, 0.29) is 0 Å². The van der Waals surface area contributed by atoms with Crippen LogP contribution in [0.2, 0.25) is 5.15 Å². The van der Waals surface area contributed by atoms with E-state index < -0.39 is 0 Å². The Morgan fingerprint density at radius 3 is 2.59 bits per heavy atom. The molecule has 0 bridgehead atoms. The van der Waals surface area contributed by atoms with E-state index in [0.29, 0.717) is 11.0 Å². The van der Waals surface area contributed by atoms with Crippen molar-refractivity contribution in [1.29, 1.82) is 0 Å². The summed E-state index contributed by atoms with van der Waals surface area (Å²) in [4.78, 5) is 0. The van der Waals surface area contributed by atoms with Gasteiger partial charge in [0.15, 0.2) is 0 Å². The van der Waals surface area contributed by atoms with E-state index in [2.05, 4.69) is 20.6 Å². The molecule has 2 aromatic heterocycles. The Hall–Kier alpha value is -2.14. The fraction of sp³-hybridized carbons (Fsp3) is 0. The predicted molar refractivity (Wildman–Crippen MR) is 64.0 cm³/mol. The van der Waals surface area contributed by atoms with Gasteiger partial charge in [0.2, 0.25) is 5.82 Å². The van der Waals surface area contributed by atoms with E-state index in [1.165, 1.54) is 0 Å². The van der Waals surface area contributed by atoms with Crippen LogP contribution in [0.3, 0.4) is 0 Å². The molecule has 0 aliphatic heterocycles. The number of H-pyrrole nitrogens is 1. The standard InChI is InChI=1S/C11H8ClN5/c12-10-7-6-9(11-13-15-16-14-11)17(10)8-4-2-1-3-5-8/h1-7H,(H,13,14,15,16). The van der Waals surface area contributed by atoms with Crippen molar-refractivity contribution in [2.24, 2.45) is 0 Å². The molecule has 2 heterocycles. The number of hydrogen-bond donors (Lipinski definition) is 1. The molecule has 17 heavy (non-hydrogen) atoms.